The minimum Gasteiger partial charge on any atom is -0.351 e. The van der Waals surface area contributed by atoms with Crippen LogP contribution in [0.5, 0.6) is 0 Å². The van der Waals surface area contributed by atoms with Gasteiger partial charge in [0, 0.05) is 31.5 Å². The van der Waals surface area contributed by atoms with Crippen LogP contribution in [0.15, 0.2) is 24.5 Å². The number of hydrogen-bond donors (Lipinski definition) is 3. The van der Waals surface area contributed by atoms with Gasteiger partial charge in [-0.3, -0.25) is 10.1 Å². The molecule has 2 aromatic rings. The Morgan fingerprint density at radius 1 is 1.28 bits per heavy atom. The molecule has 1 fully saturated rings. The van der Waals surface area contributed by atoms with Crippen molar-refractivity contribution in [1.29, 1.82) is 0 Å². The Kier molecular flexibility index (Phi) is 5.25. The normalized spacial score (nSPS) is 17.8. The van der Waals surface area contributed by atoms with Gasteiger partial charge in [-0.15, -0.1) is 11.3 Å². The maximum absolute atomic E-state index is 13.0. The van der Waals surface area contributed by atoms with Crippen LogP contribution >= 0.6 is 11.3 Å². The number of nitrogens with two attached hydrogens (primary N) is 2. The van der Waals surface area contributed by atoms with Crippen molar-refractivity contribution in [2.75, 3.05) is 18.4 Å². The van der Waals surface area contributed by atoms with Crippen LogP contribution in [0.3, 0.4) is 0 Å². The summed E-state index contributed by atoms with van der Waals surface area (Å²) in [5.74, 6) is 0.325. The van der Waals surface area contributed by atoms with E-state index in [2.05, 4.69) is 15.3 Å². The molecule has 3 rings (SSSR count). The second kappa shape index (κ2) is 7.58. The van der Waals surface area contributed by atoms with Gasteiger partial charge >= 0.3 is 6.03 Å². The number of nitrogens with zero attached hydrogens (tertiary/aromatic N) is 3. The largest absolute Gasteiger partial charge is 0.351 e. The topological polar surface area (TPSA) is 127 Å². The van der Waals surface area contributed by atoms with E-state index >= 15 is 0 Å². The number of likely N-dealkylation sites (tertiary alicyclic amines) is 1. The Bertz CT molecular complexity index is 763. The highest BCUT2D eigenvalue weighted by atomic mass is 32.1. The zero-order chi connectivity index (χ0) is 17.8. The van der Waals surface area contributed by atoms with Crippen LogP contribution in [0, 0.1) is 0 Å². The highest BCUT2D eigenvalue weighted by Gasteiger charge is 2.26. The fraction of sp³-hybridized carbons (Fsp3) is 0.375. The fourth-order valence-electron chi connectivity index (χ4n) is 2.82. The third-order valence-corrected chi connectivity index (χ3v) is 5.03. The van der Waals surface area contributed by atoms with Crippen molar-refractivity contribution in [3.8, 4) is 10.7 Å². The van der Waals surface area contributed by atoms with Crippen LogP contribution in [0.2, 0.25) is 0 Å². The van der Waals surface area contributed by atoms with E-state index in [0.717, 1.165) is 19.3 Å². The number of urea groups is 1. The highest BCUT2D eigenvalue weighted by molar-refractivity contribution is 7.20. The second-order valence-electron chi connectivity index (χ2n) is 5.92. The quantitative estimate of drug-likeness (QED) is 0.767. The summed E-state index contributed by atoms with van der Waals surface area (Å²) in [5.41, 5.74) is 11.7. The van der Waals surface area contributed by atoms with Crippen molar-refractivity contribution in [3.05, 3.63) is 30.1 Å². The molecule has 1 saturated heterocycles. The number of carbonyl (C=O) groups excluding carboxylic acids is 2. The molecule has 9 heteroatoms. The molecule has 0 aromatic carbocycles. The van der Waals surface area contributed by atoms with Crippen molar-refractivity contribution in [2.24, 2.45) is 11.5 Å². The molecule has 0 spiro atoms. The highest BCUT2D eigenvalue weighted by Crippen LogP contribution is 2.34. The summed E-state index contributed by atoms with van der Waals surface area (Å²) in [6.07, 6.45) is 6.07. The van der Waals surface area contributed by atoms with Crippen molar-refractivity contribution < 1.29 is 9.59 Å². The Hall–Kier alpha value is -2.52. The van der Waals surface area contributed by atoms with Crippen LogP contribution in [-0.2, 0) is 0 Å². The fourth-order valence-corrected chi connectivity index (χ4v) is 3.82. The molecular weight excluding hydrogens is 340 g/mol. The van der Waals surface area contributed by atoms with E-state index in [4.69, 9.17) is 11.5 Å². The number of rotatable bonds is 3. The minimum absolute atomic E-state index is 0.0328. The van der Waals surface area contributed by atoms with E-state index in [0.29, 0.717) is 34.4 Å². The zero-order valence-corrected chi connectivity index (χ0v) is 14.5. The standard InChI is InChI=1S/C16H20N6O2S/c17-10-4-1-2-7-22(9-10)15(23)11-8-12(13-19-5-3-6-20-13)25-14(11)21-16(18)24/h3,5-6,8,10H,1-2,4,7,9,17H2,(H3,18,21,24)/t10-/m0/s1. The number of primary amides is 1. The van der Waals surface area contributed by atoms with Crippen LogP contribution in [-0.4, -0.2) is 45.9 Å². The number of hydrogen-bond acceptors (Lipinski definition) is 6. The van der Waals surface area contributed by atoms with Gasteiger partial charge in [0.1, 0.15) is 5.00 Å². The average molecular weight is 360 g/mol. The molecule has 0 bridgehead atoms. The molecule has 3 heterocycles. The van der Waals surface area contributed by atoms with Crippen molar-refractivity contribution >= 4 is 28.3 Å². The summed E-state index contributed by atoms with van der Waals surface area (Å²) in [6, 6.07) is 2.66. The number of thiophene rings is 1. The van der Waals surface area contributed by atoms with E-state index in [1.807, 2.05) is 0 Å². The van der Waals surface area contributed by atoms with Crippen LogP contribution in [0.1, 0.15) is 29.6 Å². The maximum atomic E-state index is 13.0. The molecule has 8 nitrogen and oxygen atoms in total. The number of amides is 3. The second-order valence-corrected chi connectivity index (χ2v) is 6.97. The smallest absolute Gasteiger partial charge is 0.317 e. The lowest BCUT2D eigenvalue weighted by Gasteiger charge is -2.22. The summed E-state index contributed by atoms with van der Waals surface area (Å²) in [5, 5.41) is 2.93. The summed E-state index contributed by atoms with van der Waals surface area (Å²) in [6.45, 7) is 1.15. The zero-order valence-electron chi connectivity index (χ0n) is 13.6. The summed E-state index contributed by atoms with van der Waals surface area (Å²) >= 11 is 1.22. The first-order valence-corrected chi connectivity index (χ1v) is 8.89. The molecule has 132 valence electrons. The van der Waals surface area contributed by atoms with Crippen molar-refractivity contribution in [2.45, 2.75) is 25.3 Å². The molecule has 1 aliphatic heterocycles. The lowest BCUT2D eigenvalue weighted by molar-refractivity contribution is 0.0756. The predicted octanol–water partition coefficient (Wildman–Crippen LogP) is 1.65. The van der Waals surface area contributed by atoms with Crippen molar-refractivity contribution in [1.82, 2.24) is 14.9 Å². The molecule has 25 heavy (non-hydrogen) atoms. The molecule has 3 amide bonds. The molecule has 0 aliphatic carbocycles. The number of nitrogens with one attached hydrogen (secondary N) is 1. The first kappa shape index (κ1) is 17.3. The molecular formula is C16H20N6O2S. The van der Waals surface area contributed by atoms with Gasteiger partial charge in [-0.1, -0.05) is 6.42 Å². The third kappa shape index (κ3) is 4.12. The number of carbonyl (C=O) groups is 2. The maximum Gasteiger partial charge on any atom is 0.317 e. The Morgan fingerprint density at radius 3 is 2.76 bits per heavy atom. The van der Waals surface area contributed by atoms with Gasteiger partial charge in [-0.25, -0.2) is 14.8 Å². The van der Waals surface area contributed by atoms with E-state index < -0.39 is 6.03 Å². The molecule has 2 aromatic heterocycles. The first-order chi connectivity index (χ1) is 12.0. The van der Waals surface area contributed by atoms with E-state index in [1.165, 1.54) is 11.3 Å². The SMILES string of the molecule is NC(=O)Nc1sc(-c2ncccn2)cc1C(=O)N1CCCC[C@H](N)C1. The van der Waals surface area contributed by atoms with Crippen molar-refractivity contribution in [3.63, 3.8) is 0 Å². The van der Waals surface area contributed by atoms with Crippen LogP contribution < -0.4 is 16.8 Å². The molecule has 0 saturated carbocycles. The Morgan fingerprint density at radius 2 is 2.04 bits per heavy atom. The molecule has 0 radical (unpaired) electrons. The molecule has 1 atom stereocenters. The van der Waals surface area contributed by atoms with Gasteiger partial charge in [0.2, 0.25) is 0 Å². The lowest BCUT2D eigenvalue weighted by Crippen LogP contribution is -2.39. The first-order valence-electron chi connectivity index (χ1n) is 8.07. The predicted molar refractivity (Wildman–Crippen MR) is 96.3 cm³/mol. The minimum atomic E-state index is -0.719. The Balaban J connectivity index is 1.94. The van der Waals surface area contributed by atoms with Gasteiger partial charge in [0.25, 0.3) is 5.91 Å². The van der Waals surface area contributed by atoms with Crippen LogP contribution in [0.4, 0.5) is 9.80 Å². The molecule has 0 unspecified atom stereocenters. The summed E-state index contributed by atoms with van der Waals surface area (Å²) < 4.78 is 0. The van der Waals surface area contributed by atoms with E-state index in [1.54, 1.807) is 29.4 Å². The third-order valence-electron chi connectivity index (χ3n) is 3.98. The number of aromatic nitrogens is 2. The molecule has 1 aliphatic rings. The van der Waals surface area contributed by atoms with Gasteiger partial charge in [0.15, 0.2) is 5.82 Å². The van der Waals surface area contributed by atoms with Gasteiger partial charge in [-0.2, -0.15) is 0 Å². The lowest BCUT2D eigenvalue weighted by atomic mass is 10.1. The van der Waals surface area contributed by atoms with Gasteiger partial charge < -0.3 is 16.4 Å². The van der Waals surface area contributed by atoms with E-state index in [9.17, 15) is 9.59 Å². The van der Waals surface area contributed by atoms with E-state index in [-0.39, 0.29) is 11.9 Å². The van der Waals surface area contributed by atoms with Crippen LogP contribution in [0.25, 0.3) is 10.7 Å². The van der Waals surface area contributed by atoms with Gasteiger partial charge in [0.05, 0.1) is 10.4 Å². The summed E-state index contributed by atoms with van der Waals surface area (Å²) in [4.78, 5) is 35.1. The Labute approximate surface area is 149 Å². The molecule has 5 N–H and O–H groups in total. The average Bonchev–Trinajstić information content (AvgIpc) is 2.87. The summed E-state index contributed by atoms with van der Waals surface area (Å²) in [7, 11) is 0. The monoisotopic (exact) mass is 360 g/mol. The van der Waals surface area contributed by atoms with Gasteiger partial charge in [-0.05, 0) is 25.0 Å². The number of anilines is 1.